The van der Waals surface area contributed by atoms with Crippen LogP contribution in [-0.2, 0) is 6.42 Å². The zero-order chi connectivity index (χ0) is 13.0. The van der Waals surface area contributed by atoms with Gasteiger partial charge in [-0.2, -0.15) is 0 Å². The van der Waals surface area contributed by atoms with Crippen molar-refractivity contribution in [2.24, 2.45) is 0 Å². The molecule has 0 spiro atoms. The molecule has 0 amide bonds. The van der Waals surface area contributed by atoms with Gasteiger partial charge in [-0.3, -0.25) is 0 Å². The van der Waals surface area contributed by atoms with Crippen LogP contribution in [0, 0.1) is 0 Å². The monoisotopic (exact) mass is 303 g/mol. The molecule has 0 radical (unpaired) electrons. The van der Waals surface area contributed by atoms with E-state index in [0.29, 0.717) is 0 Å². The first-order valence-electron chi connectivity index (χ1n) is 6.30. The molecule has 1 atom stereocenters. The molecule has 0 aliphatic rings. The molecule has 0 saturated heterocycles. The third kappa shape index (κ3) is 3.14. The number of halogens is 1. The van der Waals surface area contributed by atoms with Crippen molar-refractivity contribution in [2.45, 2.75) is 26.3 Å². The van der Waals surface area contributed by atoms with Gasteiger partial charge < -0.3 is 5.32 Å². The largest absolute Gasteiger partial charge is 0.378 e. The molecule has 0 aromatic heterocycles. The van der Waals surface area contributed by atoms with Crippen LogP contribution in [0.25, 0.3) is 0 Å². The molecule has 0 fully saturated rings. The van der Waals surface area contributed by atoms with Crippen molar-refractivity contribution in [2.75, 3.05) is 5.32 Å². The number of hydrogen-bond donors (Lipinski definition) is 1. The highest BCUT2D eigenvalue weighted by Crippen LogP contribution is 2.26. The van der Waals surface area contributed by atoms with E-state index >= 15 is 0 Å². The second kappa shape index (κ2) is 6.05. The maximum atomic E-state index is 3.60. The summed E-state index contributed by atoms with van der Waals surface area (Å²) in [6.07, 6.45) is 1.07. The quantitative estimate of drug-likeness (QED) is 0.820. The fourth-order valence-corrected chi connectivity index (χ4v) is 2.66. The van der Waals surface area contributed by atoms with E-state index in [1.54, 1.807) is 0 Å². The molecular weight excluding hydrogens is 286 g/mol. The van der Waals surface area contributed by atoms with E-state index < -0.39 is 0 Å². The fraction of sp³-hybridized carbons (Fsp3) is 0.250. The first kappa shape index (κ1) is 13.2. The number of aryl methyl sites for hydroxylation is 1. The summed E-state index contributed by atoms with van der Waals surface area (Å²) in [7, 11) is 0. The van der Waals surface area contributed by atoms with Crippen molar-refractivity contribution >= 4 is 21.6 Å². The predicted octanol–water partition coefficient (Wildman–Crippen LogP) is 5.18. The molecule has 2 aromatic rings. The van der Waals surface area contributed by atoms with E-state index in [1.165, 1.54) is 16.8 Å². The van der Waals surface area contributed by atoms with Crippen LogP contribution in [0.15, 0.2) is 53.0 Å². The standard InChI is InChI=1S/C16H18BrN/c1-3-13-7-6-8-14(11-13)18-12(2)15-9-4-5-10-16(15)17/h4-12,18H,3H2,1-2H3. The summed E-state index contributed by atoms with van der Waals surface area (Å²) >= 11 is 3.60. The third-order valence-corrected chi connectivity index (χ3v) is 3.81. The van der Waals surface area contributed by atoms with Crippen molar-refractivity contribution in [3.8, 4) is 0 Å². The minimum absolute atomic E-state index is 0.285. The Morgan fingerprint density at radius 2 is 1.89 bits per heavy atom. The molecule has 1 unspecified atom stereocenters. The van der Waals surface area contributed by atoms with Crippen molar-refractivity contribution in [3.63, 3.8) is 0 Å². The first-order valence-corrected chi connectivity index (χ1v) is 7.10. The number of rotatable bonds is 4. The number of anilines is 1. The molecule has 1 N–H and O–H groups in total. The fourth-order valence-electron chi connectivity index (χ4n) is 2.04. The van der Waals surface area contributed by atoms with Gasteiger partial charge in [0.15, 0.2) is 0 Å². The van der Waals surface area contributed by atoms with E-state index in [-0.39, 0.29) is 6.04 Å². The van der Waals surface area contributed by atoms with Crippen LogP contribution in [0.5, 0.6) is 0 Å². The van der Waals surface area contributed by atoms with Gasteiger partial charge in [-0.25, -0.2) is 0 Å². The minimum atomic E-state index is 0.285. The van der Waals surface area contributed by atoms with Gasteiger partial charge in [0.2, 0.25) is 0 Å². The van der Waals surface area contributed by atoms with Gasteiger partial charge in [-0.15, -0.1) is 0 Å². The van der Waals surface area contributed by atoms with Crippen LogP contribution in [-0.4, -0.2) is 0 Å². The Labute approximate surface area is 117 Å². The molecule has 0 aliphatic heterocycles. The number of benzene rings is 2. The Bertz CT molecular complexity index is 522. The van der Waals surface area contributed by atoms with Crippen LogP contribution in [0.4, 0.5) is 5.69 Å². The maximum Gasteiger partial charge on any atom is 0.0496 e. The Morgan fingerprint density at radius 3 is 2.61 bits per heavy atom. The maximum absolute atomic E-state index is 3.60. The average Bonchev–Trinajstić information content (AvgIpc) is 2.39. The topological polar surface area (TPSA) is 12.0 Å². The lowest BCUT2D eigenvalue weighted by Gasteiger charge is -2.17. The Balaban J connectivity index is 2.16. The van der Waals surface area contributed by atoms with Crippen molar-refractivity contribution < 1.29 is 0 Å². The SMILES string of the molecule is CCc1cccc(NC(C)c2ccccc2Br)c1. The van der Waals surface area contributed by atoms with Gasteiger partial charge in [0.05, 0.1) is 0 Å². The number of nitrogens with one attached hydrogen (secondary N) is 1. The lowest BCUT2D eigenvalue weighted by molar-refractivity contribution is 0.878. The summed E-state index contributed by atoms with van der Waals surface area (Å²) in [6, 6.07) is 17.2. The highest BCUT2D eigenvalue weighted by atomic mass is 79.9. The highest BCUT2D eigenvalue weighted by molar-refractivity contribution is 9.10. The van der Waals surface area contributed by atoms with Crippen LogP contribution in [0.3, 0.4) is 0 Å². The summed E-state index contributed by atoms with van der Waals surface area (Å²) in [4.78, 5) is 0. The van der Waals surface area contributed by atoms with E-state index in [9.17, 15) is 0 Å². The summed E-state index contributed by atoms with van der Waals surface area (Å²) in [6.45, 7) is 4.36. The summed E-state index contributed by atoms with van der Waals surface area (Å²) < 4.78 is 1.15. The second-order valence-corrected chi connectivity index (χ2v) is 5.30. The zero-order valence-electron chi connectivity index (χ0n) is 10.8. The Kier molecular flexibility index (Phi) is 4.43. The molecule has 1 nitrogen and oxygen atoms in total. The normalized spacial score (nSPS) is 12.2. The molecule has 0 heterocycles. The molecule has 2 rings (SSSR count). The second-order valence-electron chi connectivity index (χ2n) is 4.44. The molecular formula is C16H18BrN. The summed E-state index contributed by atoms with van der Waals surface area (Å²) in [5.74, 6) is 0. The van der Waals surface area contributed by atoms with Gasteiger partial charge in [0.25, 0.3) is 0 Å². The van der Waals surface area contributed by atoms with E-state index in [0.717, 1.165) is 10.9 Å². The third-order valence-electron chi connectivity index (χ3n) is 3.09. The van der Waals surface area contributed by atoms with Crippen molar-refractivity contribution in [1.29, 1.82) is 0 Å². The van der Waals surface area contributed by atoms with Crippen LogP contribution < -0.4 is 5.32 Å². The summed E-state index contributed by atoms with van der Waals surface area (Å²) in [5.41, 5.74) is 3.82. The number of hydrogen-bond acceptors (Lipinski definition) is 1. The van der Waals surface area contributed by atoms with E-state index in [1.807, 2.05) is 6.07 Å². The van der Waals surface area contributed by atoms with Crippen LogP contribution in [0.2, 0.25) is 0 Å². The van der Waals surface area contributed by atoms with Gasteiger partial charge in [0, 0.05) is 16.2 Å². The summed E-state index contributed by atoms with van der Waals surface area (Å²) in [5, 5.41) is 3.54. The van der Waals surface area contributed by atoms with Gasteiger partial charge in [0.1, 0.15) is 0 Å². The first-order chi connectivity index (χ1) is 8.70. The van der Waals surface area contributed by atoms with Crippen LogP contribution in [0.1, 0.15) is 31.0 Å². The lowest BCUT2D eigenvalue weighted by Crippen LogP contribution is -2.07. The van der Waals surface area contributed by atoms with Gasteiger partial charge in [-0.1, -0.05) is 53.2 Å². The van der Waals surface area contributed by atoms with Gasteiger partial charge >= 0.3 is 0 Å². The molecule has 0 saturated carbocycles. The van der Waals surface area contributed by atoms with Crippen molar-refractivity contribution in [3.05, 3.63) is 64.1 Å². The minimum Gasteiger partial charge on any atom is -0.378 e. The van der Waals surface area contributed by atoms with E-state index in [4.69, 9.17) is 0 Å². The molecule has 18 heavy (non-hydrogen) atoms. The average molecular weight is 304 g/mol. The molecule has 0 bridgehead atoms. The van der Waals surface area contributed by atoms with Gasteiger partial charge in [-0.05, 0) is 42.7 Å². The molecule has 2 aromatic carbocycles. The lowest BCUT2D eigenvalue weighted by atomic mass is 10.1. The Hall–Kier alpha value is -1.28. The van der Waals surface area contributed by atoms with Crippen LogP contribution >= 0.6 is 15.9 Å². The molecule has 94 valence electrons. The predicted molar refractivity (Wildman–Crippen MR) is 82.0 cm³/mol. The zero-order valence-corrected chi connectivity index (χ0v) is 12.4. The molecule has 2 heteroatoms. The smallest absolute Gasteiger partial charge is 0.0496 e. The van der Waals surface area contributed by atoms with Crippen molar-refractivity contribution in [1.82, 2.24) is 0 Å². The van der Waals surface area contributed by atoms with E-state index in [2.05, 4.69) is 77.6 Å². The Morgan fingerprint density at radius 1 is 1.11 bits per heavy atom. The highest BCUT2D eigenvalue weighted by Gasteiger charge is 2.08. The molecule has 0 aliphatic carbocycles.